The summed E-state index contributed by atoms with van der Waals surface area (Å²) in [6.45, 7) is 7.82. The highest BCUT2D eigenvalue weighted by molar-refractivity contribution is 6.02. The Kier molecular flexibility index (Phi) is 6.39. The Bertz CT molecular complexity index is 954. The van der Waals surface area contributed by atoms with Crippen molar-refractivity contribution in [3.63, 3.8) is 0 Å². The van der Waals surface area contributed by atoms with Gasteiger partial charge in [-0.25, -0.2) is 13.6 Å². The number of urea groups is 1. The molecule has 1 unspecified atom stereocenters. The maximum Gasteiger partial charge on any atom is 0.318 e. The first-order chi connectivity index (χ1) is 14.1. The lowest BCUT2D eigenvalue weighted by Gasteiger charge is -2.29. The molecular weight excluding hydrogens is 388 g/mol. The first kappa shape index (κ1) is 21.7. The van der Waals surface area contributed by atoms with Gasteiger partial charge in [-0.15, -0.1) is 0 Å². The number of carbonyl (C=O) groups excluding carboxylic acids is 1. The molecule has 0 aliphatic carbocycles. The molecule has 1 aliphatic heterocycles. The molecule has 0 spiro atoms. The van der Waals surface area contributed by atoms with Crippen LogP contribution in [-0.4, -0.2) is 34.8 Å². The maximum atomic E-state index is 14.2. The number of hydrogen-bond acceptors (Lipinski definition) is 3. The van der Waals surface area contributed by atoms with Gasteiger partial charge in [-0.1, -0.05) is 35.5 Å². The second-order valence-electron chi connectivity index (χ2n) is 8.58. The van der Waals surface area contributed by atoms with Crippen molar-refractivity contribution >= 4 is 11.7 Å². The molecule has 0 saturated carbocycles. The molecule has 2 amide bonds. The molecule has 0 aromatic heterocycles. The number of amides is 2. The fourth-order valence-corrected chi connectivity index (χ4v) is 3.30. The molecule has 2 aromatic carbocycles. The number of nitrogens with one attached hydrogen (secondary N) is 1. The van der Waals surface area contributed by atoms with Crippen LogP contribution in [0.15, 0.2) is 47.6 Å². The Morgan fingerprint density at radius 3 is 2.63 bits per heavy atom. The number of oxime groups is 1. The summed E-state index contributed by atoms with van der Waals surface area (Å²) in [4.78, 5) is 19.9. The molecule has 3 rings (SSSR count). The molecule has 1 atom stereocenters. The Balaban J connectivity index is 1.74. The Labute approximate surface area is 175 Å². The van der Waals surface area contributed by atoms with Gasteiger partial charge in [0.15, 0.2) is 6.10 Å². The van der Waals surface area contributed by atoms with Gasteiger partial charge in [-0.2, -0.15) is 0 Å². The zero-order valence-electron chi connectivity index (χ0n) is 17.7. The molecule has 5 nitrogen and oxygen atoms in total. The quantitative estimate of drug-likeness (QED) is 0.764. The fourth-order valence-electron chi connectivity index (χ4n) is 3.30. The first-order valence-corrected chi connectivity index (χ1v) is 9.92. The van der Waals surface area contributed by atoms with Crippen molar-refractivity contribution in [2.75, 3.05) is 6.54 Å². The number of aryl methyl sites for hydroxylation is 1. The molecule has 0 bridgehead atoms. The fraction of sp³-hybridized carbons (Fsp3) is 0.391. The smallest absolute Gasteiger partial charge is 0.318 e. The summed E-state index contributed by atoms with van der Waals surface area (Å²) in [6, 6.07) is 10.9. The lowest BCUT2D eigenvalue weighted by atomic mass is 10.0. The van der Waals surface area contributed by atoms with Gasteiger partial charge < -0.3 is 15.1 Å². The molecule has 160 valence electrons. The number of nitrogens with zero attached hydrogens (tertiary/aromatic N) is 2. The van der Waals surface area contributed by atoms with Crippen LogP contribution in [0.1, 0.15) is 43.9 Å². The van der Waals surface area contributed by atoms with Gasteiger partial charge in [0.05, 0.1) is 18.8 Å². The van der Waals surface area contributed by atoms with Crippen LogP contribution in [-0.2, 0) is 11.4 Å². The number of halogens is 2. The van der Waals surface area contributed by atoms with Gasteiger partial charge >= 0.3 is 6.03 Å². The Morgan fingerprint density at radius 1 is 1.23 bits per heavy atom. The van der Waals surface area contributed by atoms with E-state index in [-0.39, 0.29) is 30.8 Å². The standard InChI is InChI=1S/C23H27F2N3O2/c1-15-7-5-6-8-19(15)21-12-18(30-27-21)14-28(22(29)26-23(2,3)4)13-16-9-10-17(24)11-20(16)25/h5-11,18H,12-14H2,1-4H3,(H,26,29). The SMILES string of the molecule is Cc1ccccc1C1=NOC(CN(Cc2ccc(F)cc2F)C(=O)NC(C)(C)C)C1. The summed E-state index contributed by atoms with van der Waals surface area (Å²) in [5, 5.41) is 7.10. The van der Waals surface area contributed by atoms with E-state index in [1.165, 1.54) is 17.0 Å². The van der Waals surface area contributed by atoms with Crippen molar-refractivity contribution in [1.82, 2.24) is 10.2 Å². The van der Waals surface area contributed by atoms with Crippen molar-refractivity contribution in [3.05, 3.63) is 70.8 Å². The van der Waals surface area contributed by atoms with E-state index in [9.17, 15) is 13.6 Å². The van der Waals surface area contributed by atoms with E-state index >= 15 is 0 Å². The third-order valence-electron chi connectivity index (χ3n) is 4.76. The van der Waals surface area contributed by atoms with Crippen molar-refractivity contribution in [2.45, 2.75) is 52.3 Å². The number of carbonyl (C=O) groups is 1. The summed E-state index contributed by atoms with van der Waals surface area (Å²) >= 11 is 0. The van der Waals surface area contributed by atoms with Crippen LogP contribution in [0.4, 0.5) is 13.6 Å². The van der Waals surface area contributed by atoms with Crippen LogP contribution in [0.3, 0.4) is 0 Å². The Hall–Kier alpha value is -2.96. The maximum absolute atomic E-state index is 14.2. The molecular formula is C23H27F2N3O2. The lowest BCUT2D eigenvalue weighted by molar-refractivity contribution is 0.0578. The predicted molar refractivity (Wildman–Crippen MR) is 112 cm³/mol. The van der Waals surface area contributed by atoms with Gasteiger partial charge in [0.1, 0.15) is 11.6 Å². The molecule has 1 heterocycles. The van der Waals surface area contributed by atoms with E-state index in [0.717, 1.165) is 22.9 Å². The van der Waals surface area contributed by atoms with E-state index in [2.05, 4.69) is 10.5 Å². The molecule has 0 radical (unpaired) electrons. The summed E-state index contributed by atoms with van der Waals surface area (Å²) < 4.78 is 27.5. The summed E-state index contributed by atoms with van der Waals surface area (Å²) in [6.07, 6.45) is 0.185. The highest BCUT2D eigenvalue weighted by atomic mass is 19.1. The minimum absolute atomic E-state index is 0.00636. The molecule has 2 aromatic rings. The summed E-state index contributed by atoms with van der Waals surface area (Å²) in [5.74, 6) is -1.34. The zero-order valence-corrected chi connectivity index (χ0v) is 17.7. The summed E-state index contributed by atoms with van der Waals surface area (Å²) in [7, 11) is 0. The lowest BCUT2D eigenvalue weighted by Crippen LogP contribution is -2.50. The van der Waals surface area contributed by atoms with Crippen LogP contribution >= 0.6 is 0 Å². The van der Waals surface area contributed by atoms with Crippen molar-refractivity contribution in [3.8, 4) is 0 Å². The molecule has 0 saturated heterocycles. The number of rotatable bonds is 5. The second-order valence-corrected chi connectivity index (χ2v) is 8.58. The van der Waals surface area contributed by atoms with Gasteiger partial charge in [-0.05, 0) is 39.3 Å². The van der Waals surface area contributed by atoms with E-state index in [0.29, 0.717) is 6.42 Å². The van der Waals surface area contributed by atoms with E-state index < -0.39 is 17.2 Å². The van der Waals surface area contributed by atoms with Gasteiger partial charge in [0, 0.05) is 29.2 Å². The normalized spacial score (nSPS) is 16.1. The Morgan fingerprint density at radius 2 is 1.97 bits per heavy atom. The first-order valence-electron chi connectivity index (χ1n) is 9.92. The topological polar surface area (TPSA) is 53.9 Å². The van der Waals surface area contributed by atoms with Crippen LogP contribution in [0.25, 0.3) is 0 Å². The molecule has 7 heteroatoms. The van der Waals surface area contributed by atoms with E-state index in [4.69, 9.17) is 4.84 Å². The third-order valence-corrected chi connectivity index (χ3v) is 4.76. The average molecular weight is 415 g/mol. The second kappa shape index (κ2) is 8.81. The predicted octanol–water partition coefficient (Wildman–Crippen LogP) is 4.78. The molecule has 0 fully saturated rings. The zero-order chi connectivity index (χ0) is 21.9. The van der Waals surface area contributed by atoms with Gasteiger partial charge in [0.2, 0.25) is 0 Å². The third kappa shape index (κ3) is 5.55. The molecule has 30 heavy (non-hydrogen) atoms. The van der Waals surface area contributed by atoms with Crippen molar-refractivity contribution in [1.29, 1.82) is 0 Å². The monoisotopic (exact) mass is 415 g/mol. The largest absolute Gasteiger partial charge is 0.390 e. The highest BCUT2D eigenvalue weighted by Gasteiger charge is 2.29. The average Bonchev–Trinajstić information content (AvgIpc) is 3.10. The summed E-state index contributed by atoms with van der Waals surface area (Å²) in [5.41, 5.74) is 2.70. The minimum Gasteiger partial charge on any atom is -0.390 e. The van der Waals surface area contributed by atoms with Crippen LogP contribution in [0.2, 0.25) is 0 Å². The minimum atomic E-state index is -0.687. The van der Waals surface area contributed by atoms with Crippen LogP contribution in [0, 0.1) is 18.6 Å². The van der Waals surface area contributed by atoms with E-state index in [1.54, 1.807) is 0 Å². The van der Waals surface area contributed by atoms with E-state index in [1.807, 2.05) is 52.0 Å². The highest BCUT2D eigenvalue weighted by Crippen LogP contribution is 2.21. The number of benzene rings is 2. The number of hydrogen-bond donors (Lipinski definition) is 1. The van der Waals surface area contributed by atoms with Crippen LogP contribution < -0.4 is 5.32 Å². The molecule has 1 aliphatic rings. The van der Waals surface area contributed by atoms with Crippen molar-refractivity contribution < 1.29 is 18.4 Å². The molecule has 1 N–H and O–H groups in total. The van der Waals surface area contributed by atoms with Crippen molar-refractivity contribution in [2.24, 2.45) is 5.16 Å². The van der Waals surface area contributed by atoms with Crippen LogP contribution in [0.5, 0.6) is 0 Å². The van der Waals surface area contributed by atoms with Gasteiger partial charge in [0.25, 0.3) is 0 Å². The van der Waals surface area contributed by atoms with Gasteiger partial charge in [-0.3, -0.25) is 0 Å².